The van der Waals surface area contributed by atoms with Crippen molar-refractivity contribution in [1.82, 2.24) is 9.97 Å². The first kappa shape index (κ1) is 13.8. The van der Waals surface area contributed by atoms with Gasteiger partial charge < -0.3 is 10.1 Å². The third-order valence-corrected chi connectivity index (χ3v) is 2.90. The second-order valence-corrected chi connectivity index (χ2v) is 4.49. The van der Waals surface area contributed by atoms with Crippen LogP contribution in [0.2, 0.25) is 0 Å². The molecule has 0 bridgehead atoms. The first-order valence-corrected chi connectivity index (χ1v) is 6.71. The first-order valence-electron chi connectivity index (χ1n) is 6.71. The quantitative estimate of drug-likeness (QED) is 0.798. The predicted octanol–water partition coefficient (Wildman–Crippen LogP) is 3.52. The molecule has 5 nitrogen and oxygen atoms in total. The topological polar surface area (TPSA) is 64.1 Å². The molecule has 0 aliphatic rings. The fraction of sp³-hybridized carbons (Fsp3) is 0. The Balaban J connectivity index is 1.73. The van der Waals surface area contributed by atoms with Gasteiger partial charge in [-0.3, -0.25) is 9.78 Å². The Kier molecular flexibility index (Phi) is 4.06. The molecule has 22 heavy (non-hydrogen) atoms. The van der Waals surface area contributed by atoms with Crippen LogP contribution < -0.4 is 10.1 Å². The Labute approximate surface area is 127 Å². The number of carbonyl (C=O) groups excluding carboxylic acids is 1. The molecule has 1 amide bonds. The summed E-state index contributed by atoms with van der Waals surface area (Å²) >= 11 is 0. The van der Waals surface area contributed by atoms with Crippen molar-refractivity contribution in [2.24, 2.45) is 0 Å². The fourth-order valence-electron chi connectivity index (χ4n) is 1.86. The van der Waals surface area contributed by atoms with Crippen molar-refractivity contribution in [3.8, 4) is 11.6 Å². The van der Waals surface area contributed by atoms with Crippen LogP contribution in [0.25, 0.3) is 0 Å². The molecule has 108 valence electrons. The lowest BCUT2D eigenvalue weighted by molar-refractivity contribution is 0.102. The molecule has 0 aliphatic heterocycles. The second kappa shape index (κ2) is 6.49. The van der Waals surface area contributed by atoms with Crippen molar-refractivity contribution in [3.05, 3.63) is 78.8 Å². The Bertz CT molecular complexity index is 761. The number of amides is 1. The molecule has 0 spiro atoms. The van der Waals surface area contributed by atoms with Crippen molar-refractivity contribution >= 4 is 11.6 Å². The SMILES string of the molecule is O=C(Nc1ccnc(Oc2ccccc2)c1)c1ccncc1. The van der Waals surface area contributed by atoms with Crippen molar-refractivity contribution in [2.45, 2.75) is 0 Å². The zero-order chi connectivity index (χ0) is 15.2. The largest absolute Gasteiger partial charge is 0.439 e. The van der Waals surface area contributed by atoms with Gasteiger partial charge in [-0.15, -0.1) is 0 Å². The Hall–Kier alpha value is -3.21. The second-order valence-electron chi connectivity index (χ2n) is 4.49. The van der Waals surface area contributed by atoms with Gasteiger partial charge in [0.25, 0.3) is 5.91 Å². The summed E-state index contributed by atoms with van der Waals surface area (Å²) in [6, 6.07) is 16.0. The fourth-order valence-corrected chi connectivity index (χ4v) is 1.86. The molecule has 0 aliphatic carbocycles. The van der Waals surface area contributed by atoms with Crippen LogP contribution in [-0.2, 0) is 0 Å². The number of pyridine rings is 2. The summed E-state index contributed by atoms with van der Waals surface area (Å²) in [5, 5.41) is 2.80. The van der Waals surface area contributed by atoms with Crippen molar-refractivity contribution < 1.29 is 9.53 Å². The maximum absolute atomic E-state index is 12.1. The number of para-hydroxylation sites is 1. The summed E-state index contributed by atoms with van der Waals surface area (Å²) in [6.07, 6.45) is 4.73. The Morgan fingerprint density at radius 1 is 0.955 bits per heavy atom. The zero-order valence-corrected chi connectivity index (χ0v) is 11.6. The van der Waals surface area contributed by atoms with E-state index in [-0.39, 0.29) is 5.91 Å². The maximum atomic E-state index is 12.1. The van der Waals surface area contributed by atoms with E-state index in [2.05, 4.69) is 15.3 Å². The molecule has 0 fully saturated rings. The highest BCUT2D eigenvalue weighted by atomic mass is 16.5. The van der Waals surface area contributed by atoms with Gasteiger partial charge in [0, 0.05) is 35.9 Å². The first-order chi connectivity index (χ1) is 10.8. The van der Waals surface area contributed by atoms with Crippen molar-refractivity contribution in [1.29, 1.82) is 0 Å². The average Bonchev–Trinajstić information content (AvgIpc) is 2.57. The number of hydrogen-bond acceptors (Lipinski definition) is 4. The predicted molar refractivity (Wildman–Crippen MR) is 82.9 cm³/mol. The highest BCUT2D eigenvalue weighted by molar-refractivity contribution is 6.04. The number of carbonyl (C=O) groups is 1. The maximum Gasteiger partial charge on any atom is 0.255 e. The van der Waals surface area contributed by atoms with Gasteiger partial charge in [0.15, 0.2) is 0 Å². The molecule has 0 atom stereocenters. The van der Waals surface area contributed by atoms with Crippen LogP contribution in [-0.4, -0.2) is 15.9 Å². The number of anilines is 1. The van der Waals surface area contributed by atoms with Gasteiger partial charge in [-0.05, 0) is 30.3 Å². The number of nitrogens with zero attached hydrogens (tertiary/aromatic N) is 2. The summed E-state index contributed by atoms with van der Waals surface area (Å²) in [5.74, 6) is 0.894. The number of hydrogen-bond donors (Lipinski definition) is 1. The van der Waals surface area contributed by atoms with Gasteiger partial charge in [0.2, 0.25) is 5.88 Å². The molecule has 1 aromatic carbocycles. The van der Waals surface area contributed by atoms with Crippen LogP contribution in [0.15, 0.2) is 73.2 Å². The van der Waals surface area contributed by atoms with Crippen LogP contribution in [0.4, 0.5) is 5.69 Å². The van der Waals surface area contributed by atoms with Gasteiger partial charge in [0.05, 0.1) is 0 Å². The van der Waals surface area contributed by atoms with Crippen LogP contribution in [0.3, 0.4) is 0 Å². The van der Waals surface area contributed by atoms with E-state index in [4.69, 9.17) is 4.74 Å². The lowest BCUT2D eigenvalue weighted by Crippen LogP contribution is -2.11. The summed E-state index contributed by atoms with van der Waals surface area (Å²) < 4.78 is 5.63. The van der Waals surface area contributed by atoms with E-state index in [1.165, 1.54) is 0 Å². The molecule has 0 unspecified atom stereocenters. The minimum atomic E-state index is -0.209. The molecule has 3 aromatic rings. The Morgan fingerprint density at radius 3 is 2.50 bits per heavy atom. The monoisotopic (exact) mass is 291 g/mol. The Morgan fingerprint density at radius 2 is 1.73 bits per heavy atom. The summed E-state index contributed by atoms with van der Waals surface area (Å²) in [5.41, 5.74) is 1.15. The normalized spacial score (nSPS) is 10.0. The average molecular weight is 291 g/mol. The van der Waals surface area contributed by atoms with Crippen LogP contribution >= 0.6 is 0 Å². The molecule has 2 aromatic heterocycles. The minimum absolute atomic E-state index is 0.209. The third-order valence-electron chi connectivity index (χ3n) is 2.90. The van der Waals surface area contributed by atoms with Crippen molar-refractivity contribution in [3.63, 3.8) is 0 Å². The van der Waals surface area contributed by atoms with E-state index in [1.54, 1.807) is 42.9 Å². The number of ether oxygens (including phenoxy) is 1. The highest BCUT2D eigenvalue weighted by Gasteiger charge is 2.06. The van der Waals surface area contributed by atoms with E-state index >= 15 is 0 Å². The van der Waals surface area contributed by atoms with Crippen LogP contribution in [0.5, 0.6) is 11.6 Å². The van der Waals surface area contributed by atoms with E-state index in [0.717, 1.165) is 0 Å². The minimum Gasteiger partial charge on any atom is -0.439 e. The van der Waals surface area contributed by atoms with Crippen LogP contribution in [0, 0.1) is 0 Å². The molecule has 0 saturated heterocycles. The van der Waals surface area contributed by atoms with Gasteiger partial charge in [-0.25, -0.2) is 4.98 Å². The van der Waals surface area contributed by atoms with Gasteiger partial charge in [-0.1, -0.05) is 18.2 Å². The molecule has 0 saturated carbocycles. The molecule has 3 rings (SSSR count). The van der Waals surface area contributed by atoms with Crippen LogP contribution in [0.1, 0.15) is 10.4 Å². The molecule has 5 heteroatoms. The number of aromatic nitrogens is 2. The van der Waals surface area contributed by atoms with Crippen molar-refractivity contribution in [2.75, 3.05) is 5.32 Å². The molecule has 0 radical (unpaired) electrons. The van der Waals surface area contributed by atoms with Gasteiger partial charge in [-0.2, -0.15) is 0 Å². The molecule has 2 heterocycles. The standard InChI is InChI=1S/C17H13N3O2/c21-17(13-6-9-18-10-7-13)20-14-8-11-19-16(12-14)22-15-4-2-1-3-5-15/h1-12H,(H,19,20,21). The smallest absolute Gasteiger partial charge is 0.255 e. The van der Waals surface area contributed by atoms with E-state index < -0.39 is 0 Å². The van der Waals surface area contributed by atoms with E-state index in [0.29, 0.717) is 22.9 Å². The lowest BCUT2D eigenvalue weighted by Gasteiger charge is -2.08. The highest BCUT2D eigenvalue weighted by Crippen LogP contribution is 2.21. The third kappa shape index (κ3) is 3.46. The number of nitrogens with one attached hydrogen (secondary N) is 1. The number of benzene rings is 1. The zero-order valence-electron chi connectivity index (χ0n) is 11.6. The van der Waals surface area contributed by atoms with Gasteiger partial charge in [0.1, 0.15) is 5.75 Å². The van der Waals surface area contributed by atoms with E-state index in [9.17, 15) is 4.79 Å². The van der Waals surface area contributed by atoms with Gasteiger partial charge >= 0.3 is 0 Å². The molecular weight excluding hydrogens is 278 g/mol. The lowest BCUT2D eigenvalue weighted by atomic mass is 10.2. The molecular formula is C17H13N3O2. The molecule has 1 N–H and O–H groups in total. The number of rotatable bonds is 4. The van der Waals surface area contributed by atoms with E-state index in [1.807, 2.05) is 30.3 Å². The summed E-state index contributed by atoms with van der Waals surface area (Å²) in [7, 11) is 0. The summed E-state index contributed by atoms with van der Waals surface area (Å²) in [6.45, 7) is 0. The summed E-state index contributed by atoms with van der Waals surface area (Å²) in [4.78, 5) is 20.1.